The van der Waals surface area contributed by atoms with Crippen molar-refractivity contribution < 1.29 is 5.11 Å². The van der Waals surface area contributed by atoms with Gasteiger partial charge < -0.3 is 5.11 Å². The molecule has 0 spiro atoms. The number of aryl methyl sites for hydroxylation is 1. The Kier molecular flexibility index (Phi) is 15.0. The molecule has 0 radical (unpaired) electrons. The molecule has 1 N–H and O–H groups in total. The first kappa shape index (κ1) is 20.6. The molecule has 1 nitrogen and oxygen atoms in total. The van der Waals surface area contributed by atoms with Crippen molar-refractivity contribution in [2.45, 2.75) is 77.6 Å². The van der Waals surface area contributed by atoms with Gasteiger partial charge in [0.15, 0.2) is 0 Å². The van der Waals surface area contributed by atoms with E-state index < -0.39 is 0 Å². The van der Waals surface area contributed by atoms with Gasteiger partial charge >= 0.3 is 48.9 Å². The van der Waals surface area contributed by atoms with Gasteiger partial charge in [-0.1, -0.05) is 82.9 Å². The zero-order valence-corrected chi connectivity index (χ0v) is 12.5. The summed E-state index contributed by atoms with van der Waals surface area (Å²) < 4.78 is 0. The minimum absolute atomic E-state index is 0. The van der Waals surface area contributed by atoms with Crippen molar-refractivity contribution in [3.63, 3.8) is 0 Å². The zero-order valence-electron chi connectivity index (χ0n) is 12.5. The Labute approximate surface area is 165 Å². The molecule has 20 heavy (non-hydrogen) atoms. The van der Waals surface area contributed by atoms with E-state index >= 15 is 0 Å². The molecule has 0 amide bonds. The van der Waals surface area contributed by atoms with E-state index in [4.69, 9.17) is 0 Å². The number of rotatable bonds is 11. The van der Waals surface area contributed by atoms with Crippen molar-refractivity contribution in [2.24, 2.45) is 0 Å². The molecule has 0 unspecified atom stereocenters. The Morgan fingerprint density at radius 3 is 1.80 bits per heavy atom. The Morgan fingerprint density at radius 2 is 1.25 bits per heavy atom. The van der Waals surface area contributed by atoms with Crippen molar-refractivity contribution in [1.29, 1.82) is 0 Å². The molecule has 0 aliphatic heterocycles. The summed E-state index contributed by atoms with van der Waals surface area (Å²) in [7, 11) is 0. The average Bonchev–Trinajstić information content (AvgIpc) is 2.43. The average molecular weight is 402 g/mol. The summed E-state index contributed by atoms with van der Waals surface area (Å²) in [5.41, 5.74) is 1.10. The van der Waals surface area contributed by atoms with E-state index in [0.717, 1.165) is 12.0 Å². The summed E-state index contributed by atoms with van der Waals surface area (Å²) in [4.78, 5) is 0. The van der Waals surface area contributed by atoms with Gasteiger partial charge in [-0.15, -0.1) is 0 Å². The van der Waals surface area contributed by atoms with Gasteiger partial charge in [0.2, 0.25) is 0 Å². The van der Waals surface area contributed by atoms with Crippen LogP contribution in [-0.4, -0.2) is 54.0 Å². The van der Waals surface area contributed by atoms with Gasteiger partial charge in [0, 0.05) is 0 Å². The summed E-state index contributed by atoms with van der Waals surface area (Å²) in [5, 5.41) is 9.65. The predicted molar refractivity (Wildman–Crippen MR) is 92.2 cm³/mol. The number of unbranched alkanes of at least 4 members (excludes halogenated alkanes) is 9. The summed E-state index contributed by atoms with van der Waals surface area (Å²) in [6.07, 6.45) is 14.6. The summed E-state index contributed by atoms with van der Waals surface area (Å²) in [6.45, 7) is 2.27. The van der Waals surface area contributed by atoms with Crippen LogP contribution in [0.15, 0.2) is 24.3 Å². The van der Waals surface area contributed by atoms with E-state index in [1.165, 1.54) is 64.2 Å². The van der Waals surface area contributed by atoms with E-state index in [0.29, 0.717) is 5.75 Å². The molecule has 0 heterocycles. The predicted octanol–water partition coefficient (Wildman–Crippen LogP) is 4.94. The van der Waals surface area contributed by atoms with Crippen molar-refractivity contribution in [1.82, 2.24) is 0 Å². The van der Waals surface area contributed by atoms with Crippen molar-refractivity contribution >= 4 is 48.9 Å². The molecule has 2 heteroatoms. The standard InChI is InChI=1S/C18H30O.Ba.2H/c1-2-3-4-5-6-7-8-9-10-11-14-17-15-12-13-16-18(17)19;;;/h12-13,15-16,19H,2-11,14H2,1H3;;;. The first-order valence-corrected chi connectivity index (χ1v) is 8.11. The minimum atomic E-state index is 0. The number of phenols is 1. The van der Waals surface area contributed by atoms with E-state index in [9.17, 15) is 5.11 Å². The van der Waals surface area contributed by atoms with Crippen LogP contribution in [0.4, 0.5) is 0 Å². The Bertz CT molecular complexity index is 325. The third-order valence-corrected chi connectivity index (χ3v) is 3.79. The molecular weight excluding hydrogens is 370 g/mol. The van der Waals surface area contributed by atoms with Crippen LogP contribution >= 0.6 is 0 Å². The van der Waals surface area contributed by atoms with E-state index in [1.54, 1.807) is 6.07 Å². The molecular formula is C18H32BaO. The molecule has 1 rings (SSSR count). The first-order chi connectivity index (χ1) is 9.34. The van der Waals surface area contributed by atoms with Crippen LogP contribution in [0.5, 0.6) is 5.75 Å². The van der Waals surface area contributed by atoms with Gasteiger partial charge in [-0.25, -0.2) is 0 Å². The molecule has 0 aromatic heterocycles. The Balaban J connectivity index is 0.00000361. The number of aromatic hydroxyl groups is 1. The van der Waals surface area contributed by atoms with E-state index in [2.05, 4.69) is 6.92 Å². The van der Waals surface area contributed by atoms with Crippen LogP contribution in [0.3, 0.4) is 0 Å². The number of para-hydroxylation sites is 1. The summed E-state index contributed by atoms with van der Waals surface area (Å²) in [6, 6.07) is 7.71. The fraction of sp³-hybridized carbons (Fsp3) is 0.667. The fourth-order valence-corrected chi connectivity index (χ4v) is 2.53. The summed E-state index contributed by atoms with van der Waals surface area (Å²) >= 11 is 0. The third-order valence-electron chi connectivity index (χ3n) is 3.79. The molecule has 0 fully saturated rings. The Morgan fingerprint density at radius 1 is 0.750 bits per heavy atom. The van der Waals surface area contributed by atoms with Crippen molar-refractivity contribution in [3.05, 3.63) is 29.8 Å². The van der Waals surface area contributed by atoms with Crippen LogP contribution in [0.2, 0.25) is 0 Å². The number of phenolic OH excluding ortho intramolecular Hbond substituents is 1. The van der Waals surface area contributed by atoms with Crippen molar-refractivity contribution in [3.8, 4) is 5.75 Å². The molecule has 0 saturated carbocycles. The Hall–Kier alpha value is 0.591. The SMILES string of the molecule is CCCCCCCCCCCCc1ccccc1O.[BaH2]. The zero-order chi connectivity index (χ0) is 13.8. The van der Waals surface area contributed by atoms with Gasteiger partial charge in [0.05, 0.1) is 0 Å². The molecule has 112 valence electrons. The van der Waals surface area contributed by atoms with E-state index in [1.807, 2.05) is 18.2 Å². The van der Waals surface area contributed by atoms with Gasteiger partial charge in [-0.3, -0.25) is 0 Å². The maximum atomic E-state index is 9.65. The topological polar surface area (TPSA) is 20.2 Å². The van der Waals surface area contributed by atoms with Crippen LogP contribution in [0, 0.1) is 0 Å². The van der Waals surface area contributed by atoms with Crippen LogP contribution in [0.25, 0.3) is 0 Å². The van der Waals surface area contributed by atoms with Gasteiger partial charge in [0.25, 0.3) is 0 Å². The molecule has 0 bridgehead atoms. The molecule has 0 atom stereocenters. The second kappa shape index (κ2) is 14.5. The fourth-order valence-electron chi connectivity index (χ4n) is 2.53. The second-order valence-electron chi connectivity index (χ2n) is 5.56. The molecule has 0 aliphatic carbocycles. The van der Waals surface area contributed by atoms with Gasteiger partial charge in [-0.2, -0.15) is 0 Å². The monoisotopic (exact) mass is 402 g/mol. The van der Waals surface area contributed by atoms with Crippen molar-refractivity contribution in [2.75, 3.05) is 0 Å². The second-order valence-corrected chi connectivity index (χ2v) is 5.56. The van der Waals surface area contributed by atoms with Crippen LogP contribution in [-0.2, 0) is 6.42 Å². The molecule has 1 aromatic carbocycles. The summed E-state index contributed by atoms with van der Waals surface area (Å²) in [5.74, 6) is 0.457. The number of hydrogen-bond donors (Lipinski definition) is 1. The first-order valence-electron chi connectivity index (χ1n) is 8.11. The number of benzene rings is 1. The molecule has 0 saturated heterocycles. The van der Waals surface area contributed by atoms with Gasteiger partial charge in [0.1, 0.15) is 5.75 Å². The molecule has 0 aliphatic rings. The van der Waals surface area contributed by atoms with Crippen LogP contribution < -0.4 is 0 Å². The third kappa shape index (κ3) is 10.3. The quantitative estimate of drug-likeness (QED) is 0.411. The van der Waals surface area contributed by atoms with Gasteiger partial charge in [-0.05, 0) is 24.5 Å². The van der Waals surface area contributed by atoms with E-state index in [-0.39, 0.29) is 48.9 Å². The maximum absolute atomic E-state index is 9.65. The number of hydrogen-bond acceptors (Lipinski definition) is 1. The molecule has 1 aromatic rings. The normalized spacial score (nSPS) is 10.2. The van der Waals surface area contributed by atoms with Crippen LogP contribution in [0.1, 0.15) is 76.7 Å².